The van der Waals surface area contributed by atoms with E-state index in [4.69, 9.17) is 27.9 Å². The molecule has 1 saturated heterocycles. The van der Waals surface area contributed by atoms with Crippen molar-refractivity contribution in [3.63, 3.8) is 0 Å². The number of benzene rings is 2. The van der Waals surface area contributed by atoms with E-state index in [9.17, 15) is 10.2 Å². The highest BCUT2D eigenvalue weighted by Gasteiger charge is 2.34. The average Bonchev–Trinajstić information content (AvgIpc) is 2.89. The van der Waals surface area contributed by atoms with E-state index >= 15 is 0 Å². The van der Waals surface area contributed by atoms with Crippen LogP contribution < -0.4 is 4.74 Å². The summed E-state index contributed by atoms with van der Waals surface area (Å²) in [6.07, 6.45) is 3.93. The van der Waals surface area contributed by atoms with Gasteiger partial charge in [-0.2, -0.15) is 0 Å². The lowest BCUT2D eigenvalue weighted by Crippen LogP contribution is -2.43. The molecule has 188 valence electrons. The van der Waals surface area contributed by atoms with Crippen LogP contribution >= 0.6 is 35.0 Å². The molecule has 0 bridgehead atoms. The Morgan fingerprint density at radius 2 is 1.91 bits per heavy atom. The molecule has 0 radical (unpaired) electrons. The highest BCUT2D eigenvalue weighted by molar-refractivity contribution is 7.99. The van der Waals surface area contributed by atoms with Crippen LogP contribution in [0, 0.1) is 5.41 Å². The van der Waals surface area contributed by atoms with Gasteiger partial charge in [0.1, 0.15) is 5.75 Å². The van der Waals surface area contributed by atoms with Gasteiger partial charge in [-0.05, 0) is 74.5 Å². The minimum Gasteiger partial charge on any atom is -0.497 e. The fourth-order valence-electron chi connectivity index (χ4n) is 4.81. The molecule has 1 fully saturated rings. The molecule has 35 heavy (non-hydrogen) atoms. The maximum atomic E-state index is 11.1. The van der Waals surface area contributed by atoms with Crippen molar-refractivity contribution in [1.82, 2.24) is 9.88 Å². The molecule has 4 rings (SSSR count). The zero-order valence-electron chi connectivity index (χ0n) is 19.9. The SMILES string of the molecule is COc1ccc2ncc(Cl)c([C@H](O)CCC3(CO)CCN(CCSc4ccccc4Cl)CC3)c2c1. The van der Waals surface area contributed by atoms with E-state index in [1.165, 1.54) is 0 Å². The molecular formula is C27H32Cl2N2O3S. The average molecular weight is 536 g/mol. The van der Waals surface area contributed by atoms with Gasteiger partial charge in [-0.1, -0.05) is 35.3 Å². The van der Waals surface area contributed by atoms with Crippen molar-refractivity contribution in [3.05, 3.63) is 64.3 Å². The monoisotopic (exact) mass is 534 g/mol. The Morgan fingerprint density at radius 3 is 2.63 bits per heavy atom. The first-order chi connectivity index (χ1) is 16.9. The number of ether oxygens (including phenoxy) is 1. The van der Waals surface area contributed by atoms with Gasteiger partial charge in [0.05, 0.1) is 28.8 Å². The molecule has 1 aromatic heterocycles. The standard InChI is InChI=1S/C27H32Cl2N2O3S/c1-34-19-6-7-23-20(16-19)26(22(29)17-30-23)24(33)8-9-27(18-32)10-12-31(13-11-27)14-15-35-25-5-3-2-4-21(25)28/h2-7,16-17,24,32-33H,8-15,18H2,1H3/t24-/m1/s1. The summed E-state index contributed by atoms with van der Waals surface area (Å²) in [6.45, 7) is 2.99. The Labute approximate surface area is 221 Å². The van der Waals surface area contributed by atoms with Crippen molar-refractivity contribution in [3.8, 4) is 5.75 Å². The van der Waals surface area contributed by atoms with Gasteiger partial charge >= 0.3 is 0 Å². The topological polar surface area (TPSA) is 65.8 Å². The molecule has 2 N–H and O–H groups in total. The quantitative estimate of drug-likeness (QED) is 0.300. The zero-order chi connectivity index (χ0) is 24.8. The number of methoxy groups -OCH3 is 1. The van der Waals surface area contributed by atoms with Gasteiger partial charge in [0, 0.05) is 40.9 Å². The molecule has 0 saturated carbocycles. The van der Waals surface area contributed by atoms with E-state index in [2.05, 4.69) is 16.0 Å². The Bertz CT molecular complexity index is 1140. The molecular weight excluding hydrogens is 503 g/mol. The van der Waals surface area contributed by atoms with Gasteiger partial charge in [0.2, 0.25) is 0 Å². The Balaban J connectivity index is 1.34. The number of fused-ring (bicyclic) bond motifs is 1. The second-order valence-electron chi connectivity index (χ2n) is 9.24. The number of hydrogen-bond donors (Lipinski definition) is 2. The summed E-state index contributed by atoms with van der Waals surface area (Å²) >= 11 is 14.5. The van der Waals surface area contributed by atoms with Gasteiger partial charge in [0.15, 0.2) is 0 Å². The van der Waals surface area contributed by atoms with Gasteiger partial charge in [-0.3, -0.25) is 4.98 Å². The zero-order valence-corrected chi connectivity index (χ0v) is 22.2. The number of aliphatic hydroxyl groups is 2. The molecule has 0 spiro atoms. The predicted molar refractivity (Wildman–Crippen MR) is 145 cm³/mol. The van der Waals surface area contributed by atoms with Crippen LogP contribution in [0.15, 0.2) is 53.6 Å². The predicted octanol–water partition coefficient (Wildman–Crippen LogP) is 6.23. The fourth-order valence-corrected chi connectivity index (χ4v) is 6.33. The molecule has 2 heterocycles. The maximum absolute atomic E-state index is 11.1. The summed E-state index contributed by atoms with van der Waals surface area (Å²) in [6, 6.07) is 13.5. The molecule has 0 unspecified atom stereocenters. The number of likely N-dealkylation sites (tertiary alicyclic amines) is 1. The maximum Gasteiger partial charge on any atom is 0.119 e. The van der Waals surface area contributed by atoms with Gasteiger partial charge in [0.25, 0.3) is 0 Å². The number of halogens is 2. The first kappa shape index (κ1) is 26.5. The Hall–Kier alpha value is -1.54. The normalized spacial score (nSPS) is 16.9. The minimum atomic E-state index is -0.742. The van der Waals surface area contributed by atoms with Crippen LogP contribution in [0.4, 0.5) is 0 Å². The van der Waals surface area contributed by atoms with Crippen LogP contribution in [0.1, 0.15) is 37.4 Å². The first-order valence-corrected chi connectivity index (χ1v) is 13.7. The smallest absolute Gasteiger partial charge is 0.119 e. The second-order valence-corrected chi connectivity index (χ2v) is 11.2. The van der Waals surface area contributed by atoms with Gasteiger partial charge in [-0.25, -0.2) is 0 Å². The van der Waals surface area contributed by atoms with Crippen LogP contribution in [0.2, 0.25) is 10.0 Å². The van der Waals surface area contributed by atoms with E-state index < -0.39 is 6.10 Å². The molecule has 0 aliphatic carbocycles. The number of aliphatic hydroxyl groups excluding tert-OH is 2. The Kier molecular flexibility index (Phi) is 9.19. The van der Waals surface area contributed by atoms with Crippen molar-refractivity contribution in [1.29, 1.82) is 0 Å². The number of aromatic nitrogens is 1. The van der Waals surface area contributed by atoms with Crippen LogP contribution in [-0.2, 0) is 0 Å². The van der Waals surface area contributed by atoms with E-state index in [0.717, 1.165) is 65.5 Å². The van der Waals surface area contributed by atoms with Crippen molar-refractivity contribution in [2.75, 3.05) is 39.1 Å². The third-order valence-electron chi connectivity index (χ3n) is 7.10. The summed E-state index contributed by atoms with van der Waals surface area (Å²) in [7, 11) is 1.61. The minimum absolute atomic E-state index is 0.126. The molecule has 2 aromatic carbocycles. The number of piperidine rings is 1. The third kappa shape index (κ3) is 6.43. The van der Waals surface area contributed by atoms with E-state index in [1.54, 1.807) is 25.1 Å². The number of thioether (sulfide) groups is 1. The van der Waals surface area contributed by atoms with Crippen LogP contribution in [0.3, 0.4) is 0 Å². The lowest BCUT2D eigenvalue weighted by atomic mass is 9.74. The molecule has 8 heteroatoms. The lowest BCUT2D eigenvalue weighted by molar-refractivity contribution is 0.0254. The van der Waals surface area contributed by atoms with Crippen LogP contribution in [0.5, 0.6) is 5.75 Å². The van der Waals surface area contributed by atoms with E-state index in [0.29, 0.717) is 22.8 Å². The molecule has 5 nitrogen and oxygen atoms in total. The summed E-state index contributed by atoms with van der Waals surface area (Å²) in [5, 5.41) is 23.5. The number of pyridine rings is 1. The largest absolute Gasteiger partial charge is 0.497 e. The van der Waals surface area contributed by atoms with Crippen molar-refractivity contribution >= 4 is 45.9 Å². The second kappa shape index (κ2) is 12.1. The number of nitrogens with zero attached hydrogens (tertiary/aromatic N) is 2. The molecule has 3 aromatic rings. The summed E-state index contributed by atoms with van der Waals surface area (Å²) in [5.41, 5.74) is 1.27. The van der Waals surface area contributed by atoms with Crippen LogP contribution in [0.25, 0.3) is 10.9 Å². The molecule has 1 atom stereocenters. The summed E-state index contributed by atoms with van der Waals surface area (Å²) in [5.74, 6) is 1.67. The lowest BCUT2D eigenvalue weighted by Gasteiger charge is -2.41. The molecule has 0 amide bonds. The van der Waals surface area contributed by atoms with Gasteiger partial charge in [-0.15, -0.1) is 11.8 Å². The highest BCUT2D eigenvalue weighted by Crippen LogP contribution is 2.40. The Morgan fingerprint density at radius 1 is 1.14 bits per heavy atom. The fraction of sp³-hybridized carbons (Fsp3) is 0.444. The van der Waals surface area contributed by atoms with Gasteiger partial charge < -0.3 is 19.8 Å². The highest BCUT2D eigenvalue weighted by atomic mass is 35.5. The van der Waals surface area contributed by atoms with Crippen molar-refractivity contribution < 1.29 is 14.9 Å². The number of rotatable bonds is 10. The molecule has 1 aliphatic rings. The third-order valence-corrected chi connectivity index (χ3v) is 8.90. The van der Waals surface area contributed by atoms with E-state index in [-0.39, 0.29) is 12.0 Å². The molecule has 1 aliphatic heterocycles. The van der Waals surface area contributed by atoms with Crippen molar-refractivity contribution in [2.45, 2.75) is 36.7 Å². The van der Waals surface area contributed by atoms with Crippen LogP contribution in [-0.4, -0.2) is 59.2 Å². The number of hydrogen-bond acceptors (Lipinski definition) is 6. The van der Waals surface area contributed by atoms with E-state index in [1.807, 2.05) is 36.4 Å². The van der Waals surface area contributed by atoms with Crippen molar-refractivity contribution in [2.24, 2.45) is 5.41 Å². The first-order valence-electron chi connectivity index (χ1n) is 12.0. The summed E-state index contributed by atoms with van der Waals surface area (Å²) in [4.78, 5) is 7.95. The summed E-state index contributed by atoms with van der Waals surface area (Å²) < 4.78 is 5.36.